The Balaban J connectivity index is 1.39. The van der Waals surface area contributed by atoms with Crippen molar-refractivity contribution in [2.24, 2.45) is 4.99 Å². The van der Waals surface area contributed by atoms with Gasteiger partial charge in [-0.25, -0.2) is 9.37 Å². The monoisotopic (exact) mass is 392 g/mol. The summed E-state index contributed by atoms with van der Waals surface area (Å²) in [6, 6.07) is 15.2. The minimum atomic E-state index is -0.167. The van der Waals surface area contributed by atoms with Crippen LogP contribution in [0.25, 0.3) is 5.69 Å². The van der Waals surface area contributed by atoms with Gasteiger partial charge in [0.1, 0.15) is 5.82 Å². The van der Waals surface area contributed by atoms with E-state index < -0.39 is 0 Å². The number of halogens is 1. The molecule has 2 heterocycles. The smallest absolute Gasteiger partial charge is 0.194 e. The van der Waals surface area contributed by atoms with Gasteiger partial charge in [0.25, 0.3) is 0 Å². The molecule has 0 spiro atoms. The molecule has 1 saturated heterocycles. The SMILES string of the molecule is CN=C(NCc1ccccc1-n1ccnc1)N1CCN(c2ccccc2F)CC1. The van der Waals surface area contributed by atoms with E-state index in [1.54, 1.807) is 25.6 Å². The summed E-state index contributed by atoms with van der Waals surface area (Å²) in [5.41, 5.74) is 2.93. The van der Waals surface area contributed by atoms with E-state index in [2.05, 4.69) is 37.2 Å². The summed E-state index contributed by atoms with van der Waals surface area (Å²) in [5.74, 6) is 0.693. The number of aromatic nitrogens is 2. The fourth-order valence-electron chi connectivity index (χ4n) is 3.69. The van der Waals surface area contributed by atoms with Crippen molar-refractivity contribution in [1.29, 1.82) is 0 Å². The number of nitrogens with zero attached hydrogens (tertiary/aromatic N) is 5. The quantitative estimate of drug-likeness (QED) is 0.548. The van der Waals surface area contributed by atoms with Gasteiger partial charge in [-0.2, -0.15) is 0 Å². The largest absolute Gasteiger partial charge is 0.366 e. The van der Waals surface area contributed by atoms with Crippen molar-refractivity contribution in [1.82, 2.24) is 19.8 Å². The summed E-state index contributed by atoms with van der Waals surface area (Å²) in [5, 5.41) is 3.47. The Morgan fingerprint density at radius 1 is 1.03 bits per heavy atom. The standard InChI is InChI=1S/C22H25FN6/c1-24-22(26-16-18-6-2-4-8-20(18)29-11-10-25-17-29)28-14-12-27(13-15-28)21-9-5-3-7-19(21)23/h2-11,17H,12-16H2,1H3,(H,24,26). The molecule has 0 saturated carbocycles. The lowest BCUT2D eigenvalue weighted by Crippen LogP contribution is -2.52. The predicted octanol–water partition coefficient (Wildman–Crippen LogP) is 2.91. The van der Waals surface area contributed by atoms with Crippen molar-refractivity contribution >= 4 is 11.6 Å². The zero-order chi connectivity index (χ0) is 20.1. The van der Waals surface area contributed by atoms with Crippen molar-refractivity contribution in [3.05, 3.63) is 78.6 Å². The number of para-hydroxylation sites is 2. The zero-order valence-electron chi connectivity index (χ0n) is 16.5. The van der Waals surface area contributed by atoms with E-state index in [0.29, 0.717) is 12.2 Å². The Bertz CT molecular complexity index is 961. The van der Waals surface area contributed by atoms with Gasteiger partial charge in [0.15, 0.2) is 5.96 Å². The van der Waals surface area contributed by atoms with E-state index >= 15 is 0 Å². The molecule has 2 aromatic carbocycles. The highest BCUT2D eigenvalue weighted by Crippen LogP contribution is 2.20. The molecule has 150 valence electrons. The molecule has 0 radical (unpaired) electrons. The van der Waals surface area contributed by atoms with Crippen molar-refractivity contribution in [2.75, 3.05) is 38.1 Å². The van der Waals surface area contributed by atoms with Gasteiger partial charge in [0, 0.05) is 52.2 Å². The van der Waals surface area contributed by atoms with Crippen LogP contribution in [0.15, 0.2) is 72.2 Å². The molecule has 3 aromatic rings. The highest BCUT2D eigenvalue weighted by atomic mass is 19.1. The van der Waals surface area contributed by atoms with Crippen molar-refractivity contribution < 1.29 is 4.39 Å². The van der Waals surface area contributed by atoms with E-state index in [9.17, 15) is 4.39 Å². The highest BCUT2D eigenvalue weighted by Gasteiger charge is 2.21. The summed E-state index contributed by atoms with van der Waals surface area (Å²) in [4.78, 5) is 12.9. The molecule has 0 atom stereocenters. The number of anilines is 1. The third-order valence-electron chi connectivity index (χ3n) is 5.20. The first-order valence-electron chi connectivity index (χ1n) is 9.77. The fourth-order valence-corrected chi connectivity index (χ4v) is 3.69. The normalized spacial score (nSPS) is 14.9. The minimum absolute atomic E-state index is 0.167. The highest BCUT2D eigenvalue weighted by molar-refractivity contribution is 5.80. The lowest BCUT2D eigenvalue weighted by Gasteiger charge is -2.37. The molecule has 1 fully saturated rings. The van der Waals surface area contributed by atoms with E-state index in [1.807, 2.05) is 35.0 Å². The van der Waals surface area contributed by atoms with Crippen LogP contribution in [0.3, 0.4) is 0 Å². The first kappa shape index (κ1) is 19.0. The van der Waals surface area contributed by atoms with Gasteiger partial charge in [-0.1, -0.05) is 30.3 Å². The number of hydrogen-bond acceptors (Lipinski definition) is 3. The van der Waals surface area contributed by atoms with Crippen LogP contribution in [-0.2, 0) is 6.54 Å². The number of aliphatic imine (C=N–C) groups is 1. The van der Waals surface area contributed by atoms with Crippen LogP contribution in [0, 0.1) is 5.82 Å². The number of benzene rings is 2. The second-order valence-corrected chi connectivity index (χ2v) is 6.92. The molecule has 1 N–H and O–H groups in total. The molecule has 1 aliphatic heterocycles. The molecule has 7 heteroatoms. The first-order chi connectivity index (χ1) is 14.3. The Labute approximate surface area is 170 Å². The van der Waals surface area contributed by atoms with E-state index in [0.717, 1.165) is 43.4 Å². The second kappa shape index (κ2) is 8.77. The Morgan fingerprint density at radius 3 is 2.45 bits per heavy atom. The van der Waals surface area contributed by atoms with Gasteiger partial charge in [-0.05, 0) is 23.8 Å². The van der Waals surface area contributed by atoms with Gasteiger partial charge in [0.05, 0.1) is 17.7 Å². The summed E-state index contributed by atoms with van der Waals surface area (Å²) >= 11 is 0. The molecule has 1 aliphatic rings. The van der Waals surface area contributed by atoms with Gasteiger partial charge in [-0.15, -0.1) is 0 Å². The number of rotatable bonds is 4. The number of imidazole rings is 1. The fraction of sp³-hybridized carbons (Fsp3) is 0.273. The molecular weight excluding hydrogens is 367 g/mol. The molecule has 0 amide bonds. The van der Waals surface area contributed by atoms with Crippen LogP contribution < -0.4 is 10.2 Å². The third kappa shape index (κ3) is 4.23. The lowest BCUT2D eigenvalue weighted by molar-refractivity contribution is 0.370. The Kier molecular flexibility index (Phi) is 5.74. The topological polar surface area (TPSA) is 48.7 Å². The first-order valence-corrected chi connectivity index (χ1v) is 9.77. The maximum Gasteiger partial charge on any atom is 0.194 e. The summed E-state index contributed by atoms with van der Waals surface area (Å²) in [7, 11) is 1.80. The van der Waals surface area contributed by atoms with Crippen LogP contribution >= 0.6 is 0 Å². The average molecular weight is 392 g/mol. The Hall–Kier alpha value is -3.35. The maximum absolute atomic E-state index is 14.1. The van der Waals surface area contributed by atoms with Crippen LogP contribution in [0.2, 0.25) is 0 Å². The number of nitrogens with one attached hydrogen (secondary N) is 1. The van der Waals surface area contributed by atoms with Crippen LogP contribution in [-0.4, -0.2) is 53.6 Å². The minimum Gasteiger partial charge on any atom is -0.366 e. The van der Waals surface area contributed by atoms with E-state index in [1.165, 1.54) is 6.07 Å². The number of hydrogen-bond donors (Lipinski definition) is 1. The van der Waals surface area contributed by atoms with Gasteiger partial charge in [-0.3, -0.25) is 4.99 Å². The van der Waals surface area contributed by atoms with Crippen LogP contribution in [0.5, 0.6) is 0 Å². The molecule has 29 heavy (non-hydrogen) atoms. The molecule has 6 nitrogen and oxygen atoms in total. The molecule has 4 rings (SSSR count). The molecule has 1 aromatic heterocycles. The summed E-state index contributed by atoms with van der Waals surface area (Å²) in [6.45, 7) is 3.75. The third-order valence-corrected chi connectivity index (χ3v) is 5.20. The zero-order valence-corrected chi connectivity index (χ0v) is 16.5. The molecular formula is C22H25FN6. The molecule has 0 unspecified atom stereocenters. The van der Waals surface area contributed by atoms with Gasteiger partial charge in [0.2, 0.25) is 0 Å². The van der Waals surface area contributed by atoms with E-state index in [4.69, 9.17) is 0 Å². The van der Waals surface area contributed by atoms with Gasteiger partial charge >= 0.3 is 0 Å². The van der Waals surface area contributed by atoms with E-state index in [-0.39, 0.29) is 5.82 Å². The molecule has 0 bridgehead atoms. The lowest BCUT2D eigenvalue weighted by atomic mass is 10.1. The van der Waals surface area contributed by atoms with Crippen LogP contribution in [0.1, 0.15) is 5.56 Å². The van der Waals surface area contributed by atoms with Gasteiger partial charge < -0.3 is 19.7 Å². The second-order valence-electron chi connectivity index (χ2n) is 6.92. The predicted molar refractivity (Wildman–Crippen MR) is 114 cm³/mol. The van der Waals surface area contributed by atoms with Crippen LogP contribution in [0.4, 0.5) is 10.1 Å². The maximum atomic E-state index is 14.1. The molecule has 0 aliphatic carbocycles. The van der Waals surface area contributed by atoms with Crippen molar-refractivity contribution in [2.45, 2.75) is 6.54 Å². The number of guanidine groups is 1. The average Bonchev–Trinajstić information content (AvgIpc) is 3.30. The Morgan fingerprint density at radius 2 is 1.76 bits per heavy atom. The van der Waals surface area contributed by atoms with Crippen molar-refractivity contribution in [3.8, 4) is 5.69 Å². The summed E-state index contributed by atoms with van der Waals surface area (Å²) in [6.07, 6.45) is 5.52. The number of piperazine rings is 1. The summed E-state index contributed by atoms with van der Waals surface area (Å²) < 4.78 is 16.1. The van der Waals surface area contributed by atoms with Crippen molar-refractivity contribution in [3.63, 3.8) is 0 Å².